The third-order valence-corrected chi connectivity index (χ3v) is 3.27. The highest BCUT2D eigenvalue weighted by molar-refractivity contribution is 6.32. The van der Waals surface area contributed by atoms with Crippen LogP contribution < -0.4 is 10.1 Å². The summed E-state index contributed by atoms with van der Waals surface area (Å²) >= 11 is 6.10. The number of rotatable bonds is 4. The summed E-state index contributed by atoms with van der Waals surface area (Å²) in [5, 5.41) is 3.32. The van der Waals surface area contributed by atoms with Gasteiger partial charge in [-0.05, 0) is 62.2 Å². The molecule has 2 rings (SSSR count). The molecule has 0 saturated heterocycles. The molecule has 0 radical (unpaired) electrons. The van der Waals surface area contributed by atoms with Crippen LogP contribution in [0, 0.1) is 13.8 Å². The number of hydrogen-bond donors (Lipinski definition) is 1. The number of amides is 1. The van der Waals surface area contributed by atoms with Gasteiger partial charge in [0.25, 0.3) is 5.91 Å². The summed E-state index contributed by atoms with van der Waals surface area (Å²) in [7, 11) is 0. The second-order valence-electron chi connectivity index (χ2n) is 4.91. The third kappa shape index (κ3) is 3.99. The van der Waals surface area contributed by atoms with Crippen LogP contribution in [0.3, 0.4) is 0 Å². The number of carbonyl (C=O) groups excluding carboxylic acids is 1. The zero-order valence-corrected chi connectivity index (χ0v) is 13.1. The minimum atomic E-state index is -0.190. The largest absolute Gasteiger partial charge is 0.492 e. The first-order valence-electron chi connectivity index (χ1n) is 6.81. The maximum atomic E-state index is 12.2. The van der Waals surface area contributed by atoms with Crippen LogP contribution in [0.4, 0.5) is 5.69 Å². The van der Waals surface area contributed by atoms with Crippen LogP contribution in [0.25, 0.3) is 0 Å². The third-order valence-electron chi connectivity index (χ3n) is 2.97. The molecular formula is C17H18ClNO2. The number of anilines is 1. The number of carbonyl (C=O) groups is 1. The Bertz CT molecular complexity index is 648. The topological polar surface area (TPSA) is 38.3 Å². The van der Waals surface area contributed by atoms with Gasteiger partial charge in [-0.2, -0.15) is 0 Å². The summed E-state index contributed by atoms with van der Waals surface area (Å²) in [5.41, 5.74) is 3.50. The van der Waals surface area contributed by atoms with E-state index in [9.17, 15) is 4.79 Å². The van der Waals surface area contributed by atoms with Gasteiger partial charge in [-0.15, -0.1) is 0 Å². The number of nitrogens with one attached hydrogen (secondary N) is 1. The van der Waals surface area contributed by atoms with E-state index in [2.05, 4.69) is 11.4 Å². The second-order valence-corrected chi connectivity index (χ2v) is 5.32. The molecule has 0 bridgehead atoms. The molecule has 0 atom stereocenters. The molecule has 0 heterocycles. The predicted octanol–water partition coefficient (Wildman–Crippen LogP) is 4.61. The molecule has 4 heteroatoms. The molecule has 2 aromatic rings. The van der Waals surface area contributed by atoms with Gasteiger partial charge < -0.3 is 10.1 Å². The molecule has 0 saturated carbocycles. The van der Waals surface area contributed by atoms with Gasteiger partial charge in [0.1, 0.15) is 5.75 Å². The smallest absolute Gasteiger partial charge is 0.255 e. The van der Waals surface area contributed by atoms with Gasteiger partial charge in [-0.1, -0.05) is 17.7 Å². The Morgan fingerprint density at radius 1 is 1.14 bits per heavy atom. The molecule has 0 fully saturated rings. The minimum Gasteiger partial charge on any atom is -0.492 e. The van der Waals surface area contributed by atoms with E-state index in [1.54, 1.807) is 18.2 Å². The molecule has 110 valence electrons. The highest BCUT2D eigenvalue weighted by Crippen LogP contribution is 2.26. The summed E-state index contributed by atoms with van der Waals surface area (Å²) in [5.74, 6) is 0.395. The first kappa shape index (κ1) is 15.4. The van der Waals surface area contributed by atoms with E-state index in [0.29, 0.717) is 22.9 Å². The highest BCUT2D eigenvalue weighted by atomic mass is 35.5. The van der Waals surface area contributed by atoms with E-state index in [-0.39, 0.29) is 5.91 Å². The van der Waals surface area contributed by atoms with Crippen molar-refractivity contribution in [3.8, 4) is 5.75 Å². The number of aryl methyl sites for hydroxylation is 2. The maximum Gasteiger partial charge on any atom is 0.255 e. The van der Waals surface area contributed by atoms with Gasteiger partial charge in [0.15, 0.2) is 0 Å². The van der Waals surface area contributed by atoms with Crippen molar-refractivity contribution in [3.05, 3.63) is 58.1 Å². The molecule has 1 N–H and O–H groups in total. The van der Waals surface area contributed by atoms with Crippen molar-refractivity contribution >= 4 is 23.2 Å². The zero-order valence-electron chi connectivity index (χ0n) is 12.4. The van der Waals surface area contributed by atoms with Crippen LogP contribution >= 0.6 is 11.6 Å². The fraction of sp³-hybridized carbons (Fsp3) is 0.235. The van der Waals surface area contributed by atoms with Crippen molar-refractivity contribution in [2.24, 2.45) is 0 Å². The van der Waals surface area contributed by atoms with Gasteiger partial charge in [-0.3, -0.25) is 4.79 Å². The van der Waals surface area contributed by atoms with Gasteiger partial charge in [0.05, 0.1) is 11.6 Å². The van der Waals surface area contributed by atoms with Crippen molar-refractivity contribution in [1.82, 2.24) is 0 Å². The normalized spacial score (nSPS) is 10.3. The van der Waals surface area contributed by atoms with Crippen LogP contribution in [0.5, 0.6) is 5.75 Å². The summed E-state index contributed by atoms with van der Waals surface area (Å²) in [6.07, 6.45) is 0. The predicted molar refractivity (Wildman–Crippen MR) is 86.5 cm³/mol. The van der Waals surface area contributed by atoms with Crippen LogP contribution in [0.1, 0.15) is 28.4 Å². The molecule has 0 aliphatic carbocycles. The van der Waals surface area contributed by atoms with Crippen LogP contribution in [0.15, 0.2) is 36.4 Å². The Kier molecular flexibility index (Phi) is 4.86. The molecule has 0 aromatic heterocycles. The Morgan fingerprint density at radius 3 is 2.38 bits per heavy atom. The zero-order chi connectivity index (χ0) is 15.4. The first-order valence-corrected chi connectivity index (χ1v) is 7.19. The minimum absolute atomic E-state index is 0.190. The number of benzene rings is 2. The average molecular weight is 304 g/mol. The van der Waals surface area contributed by atoms with Gasteiger partial charge in [-0.25, -0.2) is 0 Å². The van der Waals surface area contributed by atoms with E-state index < -0.39 is 0 Å². The van der Waals surface area contributed by atoms with Gasteiger partial charge >= 0.3 is 0 Å². The average Bonchev–Trinajstić information content (AvgIpc) is 2.40. The Balaban J connectivity index is 2.18. The summed E-state index contributed by atoms with van der Waals surface area (Å²) < 4.78 is 5.36. The van der Waals surface area contributed by atoms with Gasteiger partial charge in [0, 0.05) is 11.3 Å². The van der Waals surface area contributed by atoms with Crippen LogP contribution in [0.2, 0.25) is 5.02 Å². The molecule has 0 aliphatic heterocycles. The fourth-order valence-electron chi connectivity index (χ4n) is 2.16. The lowest BCUT2D eigenvalue weighted by Gasteiger charge is -2.10. The molecule has 2 aromatic carbocycles. The standard InChI is InChI=1S/C17H18ClNO2/c1-4-21-16-6-5-13(10-15(16)18)17(20)19-14-8-11(2)7-12(3)9-14/h5-10H,4H2,1-3H3,(H,19,20). The molecular weight excluding hydrogens is 286 g/mol. The van der Waals surface area contributed by atoms with Crippen molar-refractivity contribution < 1.29 is 9.53 Å². The first-order chi connectivity index (χ1) is 9.99. The monoisotopic (exact) mass is 303 g/mol. The molecule has 0 unspecified atom stereocenters. The quantitative estimate of drug-likeness (QED) is 0.896. The SMILES string of the molecule is CCOc1ccc(C(=O)Nc2cc(C)cc(C)c2)cc1Cl. The summed E-state index contributed by atoms with van der Waals surface area (Å²) in [4.78, 5) is 12.2. The number of halogens is 1. The lowest BCUT2D eigenvalue weighted by atomic mass is 10.1. The molecule has 21 heavy (non-hydrogen) atoms. The van der Waals surface area contributed by atoms with Crippen molar-refractivity contribution in [2.75, 3.05) is 11.9 Å². The Labute approximate surface area is 129 Å². The summed E-state index contributed by atoms with van der Waals surface area (Å²) in [6.45, 7) is 6.41. The molecule has 0 aliphatic rings. The number of ether oxygens (including phenoxy) is 1. The molecule has 1 amide bonds. The van der Waals surface area contributed by atoms with E-state index in [1.807, 2.05) is 32.9 Å². The highest BCUT2D eigenvalue weighted by Gasteiger charge is 2.10. The maximum absolute atomic E-state index is 12.2. The fourth-order valence-corrected chi connectivity index (χ4v) is 2.40. The number of hydrogen-bond acceptors (Lipinski definition) is 2. The summed E-state index contributed by atoms with van der Waals surface area (Å²) in [6, 6.07) is 11.0. The lowest BCUT2D eigenvalue weighted by Crippen LogP contribution is -2.12. The van der Waals surface area contributed by atoms with E-state index >= 15 is 0 Å². The van der Waals surface area contributed by atoms with Gasteiger partial charge in [0.2, 0.25) is 0 Å². The van der Waals surface area contributed by atoms with Crippen molar-refractivity contribution in [3.63, 3.8) is 0 Å². The van der Waals surface area contributed by atoms with Crippen molar-refractivity contribution in [2.45, 2.75) is 20.8 Å². The van der Waals surface area contributed by atoms with E-state index in [1.165, 1.54) is 0 Å². The second kappa shape index (κ2) is 6.64. The van der Waals surface area contributed by atoms with Crippen LogP contribution in [-0.4, -0.2) is 12.5 Å². The van der Waals surface area contributed by atoms with Crippen LogP contribution in [-0.2, 0) is 0 Å². The lowest BCUT2D eigenvalue weighted by molar-refractivity contribution is 0.102. The Morgan fingerprint density at radius 2 is 1.81 bits per heavy atom. The van der Waals surface area contributed by atoms with E-state index in [4.69, 9.17) is 16.3 Å². The Hall–Kier alpha value is -2.00. The molecule has 3 nitrogen and oxygen atoms in total. The van der Waals surface area contributed by atoms with Crippen molar-refractivity contribution in [1.29, 1.82) is 0 Å². The molecule has 0 spiro atoms. The van der Waals surface area contributed by atoms with E-state index in [0.717, 1.165) is 16.8 Å².